The van der Waals surface area contributed by atoms with Crippen LogP contribution in [-0.2, 0) is 4.79 Å². The fourth-order valence-corrected chi connectivity index (χ4v) is 2.91. The minimum Gasteiger partial charge on any atom is -0.515 e. The van der Waals surface area contributed by atoms with E-state index in [-0.39, 0.29) is 11.5 Å². The van der Waals surface area contributed by atoms with E-state index in [1.54, 1.807) is 6.08 Å². The molecule has 0 radical (unpaired) electrons. The van der Waals surface area contributed by atoms with Gasteiger partial charge in [-0.15, -0.1) is 11.3 Å². The van der Waals surface area contributed by atoms with E-state index in [9.17, 15) is 15.0 Å². The summed E-state index contributed by atoms with van der Waals surface area (Å²) in [6.45, 7) is 3.99. The van der Waals surface area contributed by atoms with Gasteiger partial charge < -0.3 is 10.2 Å². The first kappa shape index (κ1) is 16.0. The molecule has 2 N–H and O–H groups in total. The smallest absolute Gasteiger partial charge is 0.340 e. The molecule has 1 heterocycles. The first-order valence-electron chi connectivity index (χ1n) is 6.84. The fourth-order valence-electron chi connectivity index (χ4n) is 1.85. The van der Waals surface area contributed by atoms with Crippen LogP contribution in [0.5, 0.6) is 0 Å². The third-order valence-electron chi connectivity index (χ3n) is 3.00. The van der Waals surface area contributed by atoms with E-state index in [0.717, 1.165) is 10.6 Å². The Bertz CT molecular complexity index is 715. The quantitative estimate of drug-likeness (QED) is 0.633. The minimum absolute atomic E-state index is 0.142. The number of aromatic nitrogens is 1. The highest BCUT2D eigenvalue weighted by Crippen LogP contribution is 2.31. The highest BCUT2D eigenvalue weighted by molar-refractivity contribution is 7.13. The van der Waals surface area contributed by atoms with Crippen LogP contribution >= 0.6 is 11.3 Å². The van der Waals surface area contributed by atoms with Gasteiger partial charge in [0.15, 0.2) is 0 Å². The van der Waals surface area contributed by atoms with Crippen molar-refractivity contribution in [1.29, 1.82) is 0 Å². The lowest BCUT2D eigenvalue weighted by atomic mass is 10.1. The standard InChI is InChI=1S/C17H17NO3S/c1-11(2)16-18-14(9-8-12-6-4-3-5-7-12)15(22-16)13(10-19)17(20)21/h3-11,19H,1-2H3,(H,20,21)/b9-8+,13-10?. The lowest BCUT2D eigenvalue weighted by Gasteiger charge is -1.98. The summed E-state index contributed by atoms with van der Waals surface area (Å²) < 4.78 is 0. The van der Waals surface area contributed by atoms with E-state index < -0.39 is 5.97 Å². The molecule has 0 saturated carbocycles. The topological polar surface area (TPSA) is 70.4 Å². The molecule has 4 nitrogen and oxygen atoms in total. The predicted molar refractivity (Wildman–Crippen MR) is 89.8 cm³/mol. The summed E-state index contributed by atoms with van der Waals surface area (Å²) in [4.78, 5) is 16.2. The van der Waals surface area contributed by atoms with Gasteiger partial charge >= 0.3 is 5.97 Å². The van der Waals surface area contributed by atoms with Crippen molar-refractivity contribution in [3.05, 3.63) is 57.7 Å². The molecule has 0 amide bonds. The number of hydrogen-bond acceptors (Lipinski definition) is 4. The minimum atomic E-state index is -1.17. The number of aliphatic hydroxyl groups excluding tert-OH is 1. The monoisotopic (exact) mass is 315 g/mol. The van der Waals surface area contributed by atoms with Crippen molar-refractivity contribution in [3.63, 3.8) is 0 Å². The molecule has 0 saturated heterocycles. The number of benzene rings is 1. The van der Waals surface area contributed by atoms with Crippen LogP contribution in [0.4, 0.5) is 0 Å². The molecule has 114 valence electrons. The van der Waals surface area contributed by atoms with Crippen LogP contribution in [0.25, 0.3) is 17.7 Å². The third kappa shape index (κ3) is 3.62. The Hall–Kier alpha value is -2.40. The molecule has 0 spiro atoms. The summed E-state index contributed by atoms with van der Waals surface area (Å²) in [5.41, 5.74) is 1.41. The molecule has 22 heavy (non-hydrogen) atoms. The number of rotatable bonds is 5. The number of nitrogens with zero attached hydrogens (tertiary/aromatic N) is 1. The van der Waals surface area contributed by atoms with Crippen molar-refractivity contribution in [2.24, 2.45) is 0 Å². The highest BCUT2D eigenvalue weighted by Gasteiger charge is 2.20. The number of carboxylic acid groups (broad SMARTS) is 1. The number of aliphatic carboxylic acids is 1. The molecule has 0 bridgehead atoms. The largest absolute Gasteiger partial charge is 0.515 e. The van der Waals surface area contributed by atoms with E-state index in [4.69, 9.17) is 0 Å². The summed E-state index contributed by atoms with van der Waals surface area (Å²) in [6, 6.07) is 9.69. The van der Waals surface area contributed by atoms with Crippen LogP contribution < -0.4 is 0 Å². The van der Waals surface area contributed by atoms with Gasteiger partial charge in [-0.2, -0.15) is 0 Å². The van der Waals surface area contributed by atoms with Crippen molar-refractivity contribution in [2.75, 3.05) is 0 Å². The molecule has 2 rings (SSSR count). The Kier molecular flexibility index (Phi) is 5.12. The Labute approximate surface area is 133 Å². The molecule has 0 aliphatic rings. The van der Waals surface area contributed by atoms with Gasteiger partial charge in [-0.05, 0) is 11.6 Å². The van der Waals surface area contributed by atoms with E-state index in [1.807, 2.05) is 50.3 Å². The Morgan fingerprint density at radius 2 is 1.91 bits per heavy atom. The summed E-state index contributed by atoms with van der Waals surface area (Å²) in [7, 11) is 0. The second kappa shape index (κ2) is 7.04. The fraction of sp³-hybridized carbons (Fsp3) is 0.176. The van der Waals surface area contributed by atoms with Crippen molar-refractivity contribution in [2.45, 2.75) is 19.8 Å². The lowest BCUT2D eigenvalue weighted by molar-refractivity contribution is -0.130. The number of carbonyl (C=O) groups is 1. The summed E-state index contributed by atoms with van der Waals surface area (Å²) >= 11 is 1.29. The molecule has 0 aliphatic heterocycles. The maximum absolute atomic E-state index is 11.3. The van der Waals surface area contributed by atoms with Gasteiger partial charge in [0.2, 0.25) is 0 Å². The van der Waals surface area contributed by atoms with Gasteiger partial charge in [-0.3, -0.25) is 0 Å². The van der Waals surface area contributed by atoms with Gasteiger partial charge in [0, 0.05) is 5.92 Å². The predicted octanol–water partition coefficient (Wildman–Crippen LogP) is 4.42. The molecular formula is C17H17NO3S. The first-order valence-corrected chi connectivity index (χ1v) is 7.66. The van der Waals surface area contributed by atoms with Gasteiger partial charge in [0.25, 0.3) is 0 Å². The van der Waals surface area contributed by atoms with Crippen molar-refractivity contribution >= 4 is 35.0 Å². The maximum Gasteiger partial charge on any atom is 0.340 e. The van der Waals surface area contributed by atoms with Crippen LogP contribution in [0, 0.1) is 0 Å². The zero-order chi connectivity index (χ0) is 16.1. The summed E-state index contributed by atoms with van der Waals surface area (Å²) in [5.74, 6) is -0.979. The summed E-state index contributed by atoms with van der Waals surface area (Å²) in [5, 5.41) is 19.3. The van der Waals surface area contributed by atoms with Gasteiger partial charge in [0.05, 0.1) is 21.8 Å². The number of carboxylic acids is 1. The number of hydrogen-bond donors (Lipinski definition) is 2. The van der Waals surface area contributed by atoms with E-state index in [0.29, 0.717) is 16.8 Å². The molecule has 1 aromatic carbocycles. The molecule has 0 aliphatic carbocycles. The van der Waals surface area contributed by atoms with E-state index in [1.165, 1.54) is 11.3 Å². The number of aliphatic hydroxyl groups is 1. The zero-order valence-electron chi connectivity index (χ0n) is 12.4. The average molecular weight is 315 g/mol. The van der Waals surface area contributed by atoms with Crippen molar-refractivity contribution in [3.8, 4) is 0 Å². The van der Waals surface area contributed by atoms with Crippen molar-refractivity contribution in [1.82, 2.24) is 4.98 Å². The molecule has 2 aromatic rings. The van der Waals surface area contributed by atoms with Crippen LogP contribution in [0.3, 0.4) is 0 Å². The van der Waals surface area contributed by atoms with Crippen LogP contribution in [-0.4, -0.2) is 21.2 Å². The second-order valence-electron chi connectivity index (χ2n) is 5.01. The average Bonchev–Trinajstić information content (AvgIpc) is 2.91. The molecule has 0 atom stereocenters. The van der Waals surface area contributed by atoms with Gasteiger partial charge in [-0.1, -0.05) is 50.3 Å². The molecule has 0 unspecified atom stereocenters. The normalized spacial score (nSPS) is 12.2. The van der Waals surface area contributed by atoms with E-state index in [2.05, 4.69) is 4.98 Å². The molecular weight excluding hydrogens is 298 g/mol. The molecule has 5 heteroatoms. The van der Waals surface area contributed by atoms with Crippen molar-refractivity contribution < 1.29 is 15.0 Å². The van der Waals surface area contributed by atoms with Crippen LogP contribution in [0.1, 0.15) is 40.9 Å². The Morgan fingerprint density at radius 1 is 1.23 bits per heavy atom. The van der Waals surface area contributed by atoms with Gasteiger partial charge in [-0.25, -0.2) is 9.78 Å². The van der Waals surface area contributed by atoms with E-state index >= 15 is 0 Å². The Morgan fingerprint density at radius 3 is 2.45 bits per heavy atom. The lowest BCUT2D eigenvalue weighted by Crippen LogP contribution is -1.99. The zero-order valence-corrected chi connectivity index (χ0v) is 13.2. The first-order chi connectivity index (χ1) is 10.5. The summed E-state index contributed by atoms with van der Waals surface area (Å²) in [6.07, 6.45) is 4.28. The molecule has 0 fully saturated rings. The maximum atomic E-state index is 11.3. The highest BCUT2D eigenvalue weighted by atomic mass is 32.1. The third-order valence-corrected chi connectivity index (χ3v) is 4.41. The number of thiazole rings is 1. The molecule has 1 aromatic heterocycles. The second-order valence-corrected chi connectivity index (χ2v) is 6.04. The Balaban J connectivity index is 2.45. The SMILES string of the molecule is CC(C)c1nc(/C=C/c2ccccc2)c(C(=CO)C(=O)O)s1. The van der Waals surface area contributed by atoms with Crippen LogP contribution in [0.15, 0.2) is 36.6 Å². The van der Waals surface area contributed by atoms with Crippen LogP contribution in [0.2, 0.25) is 0 Å². The van der Waals surface area contributed by atoms with Gasteiger partial charge in [0.1, 0.15) is 5.57 Å².